The van der Waals surface area contributed by atoms with Gasteiger partial charge in [-0.2, -0.15) is 4.98 Å². The predicted octanol–water partition coefficient (Wildman–Crippen LogP) is 2.48. The van der Waals surface area contributed by atoms with Crippen LogP contribution in [0.4, 0.5) is 5.69 Å². The van der Waals surface area contributed by atoms with Crippen LogP contribution < -0.4 is 20.3 Å². The van der Waals surface area contributed by atoms with Gasteiger partial charge in [0, 0.05) is 6.07 Å². The van der Waals surface area contributed by atoms with Gasteiger partial charge in [-0.05, 0) is 32.4 Å². The standard InChI is InChI=1S/C21H24N4O7/c1-6-14(18(26)23-13-10-12(29-4)8-9-15(13)30-5)25-11(3)22-19-16(20(25)27)17(24-32-19)21(28)31-7-2/h8-10,14H,6-7H2,1-5H3,(H,23,26). The van der Waals surface area contributed by atoms with Crippen LogP contribution in [0.15, 0.2) is 27.5 Å². The highest BCUT2D eigenvalue weighted by Crippen LogP contribution is 2.30. The lowest BCUT2D eigenvalue weighted by Crippen LogP contribution is -2.35. The van der Waals surface area contributed by atoms with E-state index in [0.29, 0.717) is 17.2 Å². The molecule has 11 heteroatoms. The minimum atomic E-state index is -0.930. The number of benzene rings is 1. The molecule has 32 heavy (non-hydrogen) atoms. The predicted molar refractivity (Wildman–Crippen MR) is 114 cm³/mol. The molecule has 3 rings (SSSR count). The van der Waals surface area contributed by atoms with Crippen molar-refractivity contribution >= 4 is 28.7 Å². The van der Waals surface area contributed by atoms with Gasteiger partial charge >= 0.3 is 5.97 Å². The van der Waals surface area contributed by atoms with E-state index >= 15 is 0 Å². The molecular formula is C21H24N4O7. The number of methoxy groups -OCH3 is 2. The molecule has 2 heterocycles. The molecule has 0 aliphatic rings. The average Bonchev–Trinajstić information content (AvgIpc) is 3.20. The number of nitrogens with zero attached hydrogens (tertiary/aromatic N) is 3. The van der Waals surface area contributed by atoms with Crippen molar-refractivity contribution in [1.82, 2.24) is 14.7 Å². The molecule has 2 aromatic heterocycles. The molecule has 3 aromatic rings. The van der Waals surface area contributed by atoms with Crippen LogP contribution in [-0.2, 0) is 9.53 Å². The number of fused-ring (bicyclic) bond motifs is 1. The fourth-order valence-corrected chi connectivity index (χ4v) is 3.34. The van der Waals surface area contributed by atoms with Gasteiger partial charge in [-0.25, -0.2) is 4.79 Å². The van der Waals surface area contributed by atoms with Gasteiger partial charge in [0.25, 0.3) is 11.3 Å². The smallest absolute Gasteiger partial charge is 0.361 e. The number of carbonyl (C=O) groups excluding carboxylic acids is 2. The molecule has 0 bridgehead atoms. The summed E-state index contributed by atoms with van der Waals surface area (Å²) in [5, 5.41) is 6.28. The van der Waals surface area contributed by atoms with Gasteiger partial charge in [-0.15, -0.1) is 0 Å². The molecule has 0 saturated carbocycles. The summed E-state index contributed by atoms with van der Waals surface area (Å²) < 4.78 is 21.7. The van der Waals surface area contributed by atoms with Crippen LogP contribution >= 0.6 is 0 Å². The maximum absolute atomic E-state index is 13.3. The normalized spacial score (nSPS) is 11.8. The number of aryl methyl sites for hydroxylation is 1. The van der Waals surface area contributed by atoms with Gasteiger partial charge in [-0.1, -0.05) is 12.1 Å². The van der Waals surface area contributed by atoms with Crippen LogP contribution in [0.1, 0.15) is 42.6 Å². The molecule has 0 fully saturated rings. The Labute approximate surface area is 183 Å². The molecule has 0 spiro atoms. The summed E-state index contributed by atoms with van der Waals surface area (Å²) in [5.41, 5.74) is -0.627. The molecule has 0 saturated heterocycles. The lowest BCUT2D eigenvalue weighted by atomic mass is 10.1. The maximum atomic E-state index is 13.3. The Kier molecular flexibility index (Phi) is 6.76. The second kappa shape index (κ2) is 9.50. The number of rotatable bonds is 8. The van der Waals surface area contributed by atoms with Crippen molar-refractivity contribution in [1.29, 1.82) is 0 Å². The van der Waals surface area contributed by atoms with Crippen molar-refractivity contribution < 1.29 is 28.3 Å². The Bertz CT molecular complexity index is 1210. The first-order valence-corrected chi connectivity index (χ1v) is 9.94. The number of amides is 1. The summed E-state index contributed by atoms with van der Waals surface area (Å²) in [6.07, 6.45) is 0.270. The molecule has 11 nitrogen and oxygen atoms in total. The first-order chi connectivity index (χ1) is 15.4. The van der Waals surface area contributed by atoms with E-state index in [2.05, 4.69) is 15.5 Å². The fourth-order valence-electron chi connectivity index (χ4n) is 3.34. The number of hydrogen-bond donors (Lipinski definition) is 1. The van der Waals surface area contributed by atoms with E-state index in [4.69, 9.17) is 18.7 Å². The average molecular weight is 444 g/mol. The van der Waals surface area contributed by atoms with Gasteiger partial charge in [0.15, 0.2) is 0 Å². The number of aromatic nitrogens is 3. The lowest BCUT2D eigenvalue weighted by molar-refractivity contribution is -0.119. The Morgan fingerprint density at radius 1 is 1.22 bits per heavy atom. The van der Waals surface area contributed by atoms with Crippen LogP contribution in [0.2, 0.25) is 0 Å². The fraction of sp³-hybridized carbons (Fsp3) is 0.381. The van der Waals surface area contributed by atoms with Crippen molar-refractivity contribution in [3.05, 3.63) is 40.1 Å². The van der Waals surface area contributed by atoms with E-state index in [9.17, 15) is 14.4 Å². The van der Waals surface area contributed by atoms with E-state index < -0.39 is 23.5 Å². The topological polar surface area (TPSA) is 135 Å². The minimum Gasteiger partial charge on any atom is -0.497 e. The highest BCUT2D eigenvalue weighted by Gasteiger charge is 2.28. The monoisotopic (exact) mass is 444 g/mol. The van der Waals surface area contributed by atoms with Crippen LogP contribution in [0, 0.1) is 6.92 Å². The van der Waals surface area contributed by atoms with Crippen LogP contribution in [-0.4, -0.2) is 47.4 Å². The zero-order valence-corrected chi connectivity index (χ0v) is 18.4. The third-order valence-electron chi connectivity index (χ3n) is 4.85. The molecule has 1 N–H and O–H groups in total. The largest absolute Gasteiger partial charge is 0.497 e. The number of hydrogen-bond acceptors (Lipinski definition) is 9. The molecule has 1 unspecified atom stereocenters. The number of ether oxygens (including phenoxy) is 3. The number of esters is 1. The highest BCUT2D eigenvalue weighted by atomic mass is 16.5. The lowest BCUT2D eigenvalue weighted by Gasteiger charge is -2.20. The van der Waals surface area contributed by atoms with Crippen molar-refractivity contribution in [2.45, 2.75) is 33.2 Å². The minimum absolute atomic E-state index is 0.100. The third-order valence-corrected chi connectivity index (χ3v) is 4.85. The Morgan fingerprint density at radius 2 is 1.97 bits per heavy atom. The van der Waals surface area contributed by atoms with E-state index in [1.54, 1.807) is 39.0 Å². The Hall–Kier alpha value is -3.89. The molecule has 0 aliphatic carbocycles. The number of anilines is 1. The van der Waals surface area contributed by atoms with Gasteiger partial charge < -0.3 is 24.1 Å². The quantitative estimate of drug-likeness (QED) is 0.520. The van der Waals surface area contributed by atoms with Crippen LogP contribution in [0.3, 0.4) is 0 Å². The van der Waals surface area contributed by atoms with E-state index in [1.807, 2.05) is 0 Å². The molecule has 0 radical (unpaired) electrons. The number of nitrogens with one attached hydrogen (secondary N) is 1. The molecule has 1 aromatic carbocycles. The molecule has 0 aliphatic heterocycles. The van der Waals surface area contributed by atoms with E-state index in [-0.39, 0.29) is 35.6 Å². The van der Waals surface area contributed by atoms with Crippen molar-refractivity contribution in [2.75, 3.05) is 26.1 Å². The summed E-state index contributed by atoms with van der Waals surface area (Å²) in [6.45, 7) is 5.05. The van der Waals surface area contributed by atoms with E-state index in [1.165, 1.54) is 18.8 Å². The van der Waals surface area contributed by atoms with Gasteiger partial charge in [0.1, 0.15) is 28.8 Å². The van der Waals surface area contributed by atoms with Crippen molar-refractivity contribution in [3.63, 3.8) is 0 Å². The van der Waals surface area contributed by atoms with Gasteiger partial charge in [0.05, 0.1) is 26.5 Å². The van der Waals surface area contributed by atoms with Crippen molar-refractivity contribution in [3.8, 4) is 11.5 Å². The first kappa shape index (κ1) is 22.8. The molecular weight excluding hydrogens is 420 g/mol. The Balaban J connectivity index is 2.06. The van der Waals surface area contributed by atoms with Gasteiger partial charge in [0.2, 0.25) is 11.6 Å². The SMILES string of the molecule is CCOC(=O)c1noc2nc(C)n(C(CC)C(=O)Nc3cc(OC)ccc3OC)c(=O)c12. The summed E-state index contributed by atoms with van der Waals surface area (Å²) >= 11 is 0. The summed E-state index contributed by atoms with van der Waals surface area (Å²) in [5.74, 6) is -0.100. The molecule has 170 valence electrons. The van der Waals surface area contributed by atoms with E-state index in [0.717, 1.165) is 0 Å². The van der Waals surface area contributed by atoms with Gasteiger partial charge in [-0.3, -0.25) is 14.2 Å². The van der Waals surface area contributed by atoms with Crippen molar-refractivity contribution in [2.24, 2.45) is 0 Å². The molecule has 1 atom stereocenters. The van der Waals surface area contributed by atoms with Crippen LogP contribution in [0.5, 0.6) is 11.5 Å². The maximum Gasteiger partial charge on any atom is 0.361 e. The number of carbonyl (C=O) groups is 2. The van der Waals surface area contributed by atoms with Crippen LogP contribution in [0.25, 0.3) is 11.1 Å². The summed E-state index contributed by atoms with van der Waals surface area (Å²) in [6, 6.07) is 4.03. The highest BCUT2D eigenvalue weighted by molar-refractivity contribution is 6.00. The molecule has 1 amide bonds. The second-order valence-electron chi connectivity index (χ2n) is 6.75. The third kappa shape index (κ3) is 4.13. The first-order valence-electron chi connectivity index (χ1n) is 9.94. The summed E-state index contributed by atoms with van der Waals surface area (Å²) in [4.78, 5) is 42.9. The Morgan fingerprint density at radius 3 is 2.59 bits per heavy atom. The summed E-state index contributed by atoms with van der Waals surface area (Å²) in [7, 11) is 2.98. The second-order valence-corrected chi connectivity index (χ2v) is 6.75. The zero-order chi connectivity index (χ0) is 23.4. The zero-order valence-electron chi connectivity index (χ0n) is 18.4.